The monoisotopic (exact) mass is 208 g/mol. The molecular weight excluding hydrogens is 202 g/mol. The van der Waals surface area contributed by atoms with Crippen molar-refractivity contribution in [1.82, 2.24) is 0 Å². The van der Waals surface area contributed by atoms with Gasteiger partial charge in [0.15, 0.2) is 0 Å². The van der Waals surface area contributed by atoms with Crippen LogP contribution in [0.15, 0.2) is 0 Å². The molecule has 0 aromatic carbocycles. The molecule has 0 unspecified atom stereocenters. The minimum absolute atomic E-state index is 0. The molecule has 6 heteroatoms. The topological polar surface area (TPSA) is 58.6 Å². The maximum atomic E-state index is 10.0. The molecular formula is C2H6AsKO4. The molecule has 0 fully saturated rings. The molecule has 0 aromatic rings. The Hall–Kier alpha value is 1.87. The third-order valence-electron chi connectivity index (χ3n) is 0.447. The molecule has 4 nitrogen and oxygen atoms in total. The minimum atomic E-state index is -4.44. The standard InChI is InChI=1S/C2H7AsO4.K/c1-6-3(4,5)7-2;/h1-2H3,(H,4,5);/q;+1/p-1. The van der Waals surface area contributed by atoms with E-state index in [1.54, 1.807) is 0 Å². The van der Waals surface area contributed by atoms with Gasteiger partial charge in [0.25, 0.3) is 0 Å². The summed E-state index contributed by atoms with van der Waals surface area (Å²) in [4.78, 5) is 0. The zero-order valence-corrected chi connectivity index (χ0v) is 10.1. The molecule has 0 amide bonds. The molecule has 0 aliphatic carbocycles. The average Bonchev–Trinajstić information content (AvgIpc) is 1.68. The fraction of sp³-hybridized carbons (Fsp3) is 1.00. The minimum Gasteiger partial charge on any atom is 1.00 e. The van der Waals surface area contributed by atoms with Gasteiger partial charge in [-0.2, -0.15) is 0 Å². The van der Waals surface area contributed by atoms with Crippen LogP contribution in [0.25, 0.3) is 0 Å². The third-order valence-corrected chi connectivity index (χ3v) is 2.32. The summed E-state index contributed by atoms with van der Waals surface area (Å²) < 4.78 is 27.9. The molecule has 0 aromatic heterocycles. The Morgan fingerprint density at radius 1 is 1.38 bits per heavy atom. The summed E-state index contributed by atoms with van der Waals surface area (Å²) in [5, 5.41) is 0. The normalized spacial score (nSPS) is 10.4. The van der Waals surface area contributed by atoms with Gasteiger partial charge in [0, 0.05) is 0 Å². The van der Waals surface area contributed by atoms with E-state index in [2.05, 4.69) is 7.45 Å². The Labute approximate surface area is 93.7 Å². The van der Waals surface area contributed by atoms with E-state index in [1.807, 2.05) is 0 Å². The SMILES string of the molecule is CO[As](=O)([O-])OC.[K+]. The predicted octanol–water partition coefficient (Wildman–Crippen LogP) is -4.49. The van der Waals surface area contributed by atoms with Gasteiger partial charge in [-0.1, -0.05) is 0 Å². The molecule has 0 atom stereocenters. The molecule has 0 heterocycles. The van der Waals surface area contributed by atoms with E-state index in [9.17, 15) is 7.84 Å². The van der Waals surface area contributed by atoms with E-state index >= 15 is 0 Å². The van der Waals surface area contributed by atoms with Crippen molar-refractivity contribution in [2.24, 2.45) is 0 Å². The van der Waals surface area contributed by atoms with Gasteiger partial charge < -0.3 is 0 Å². The van der Waals surface area contributed by atoms with Gasteiger partial charge in [-0.15, -0.1) is 0 Å². The van der Waals surface area contributed by atoms with Gasteiger partial charge in [0.2, 0.25) is 0 Å². The van der Waals surface area contributed by atoms with E-state index in [0.717, 1.165) is 14.2 Å². The Kier molecular flexibility index (Phi) is 8.85. The fourth-order valence-corrected chi connectivity index (χ4v) is 0.387. The predicted molar refractivity (Wildman–Crippen MR) is 20.5 cm³/mol. The van der Waals surface area contributed by atoms with Gasteiger partial charge in [-0.05, 0) is 0 Å². The van der Waals surface area contributed by atoms with Gasteiger partial charge in [-0.3, -0.25) is 0 Å². The molecule has 0 spiro atoms. The van der Waals surface area contributed by atoms with E-state index in [0.29, 0.717) is 0 Å². The summed E-state index contributed by atoms with van der Waals surface area (Å²) in [5.74, 6) is 0. The zero-order chi connectivity index (χ0) is 5.91. The van der Waals surface area contributed by atoms with Crippen molar-refractivity contribution >= 4 is 14.5 Å². The van der Waals surface area contributed by atoms with Crippen LogP contribution in [0.5, 0.6) is 0 Å². The molecule has 0 saturated carbocycles. The Balaban J connectivity index is 0. The van der Waals surface area contributed by atoms with E-state index in [1.165, 1.54) is 0 Å². The van der Waals surface area contributed by atoms with Crippen LogP contribution in [0.2, 0.25) is 0 Å². The van der Waals surface area contributed by atoms with Crippen LogP contribution in [-0.2, 0) is 11.2 Å². The number of hydrogen-bond donors (Lipinski definition) is 0. The van der Waals surface area contributed by atoms with Crippen LogP contribution in [0, 0.1) is 0 Å². The summed E-state index contributed by atoms with van der Waals surface area (Å²) >= 11 is -4.44. The summed E-state index contributed by atoms with van der Waals surface area (Å²) in [5.41, 5.74) is 0. The van der Waals surface area contributed by atoms with Crippen molar-refractivity contribution < 1.29 is 66.7 Å². The first-order chi connectivity index (χ1) is 3.12. The van der Waals surface area contributed by atoms with E-state index in [4.69, 9.17) is 0 Å². The Morgan fingerprint density at radius 3 is 1.62 bits per heavy atom. The van der Waals surface area contributed by atoms with Crippen molar-refractivity contribution in [2.75, 3.05) is 14.2 Å². The summed E-state index contributed by atoms with van der Waals surface area (Å²) in [6.45, 7) is 0. The molecule has 8 heavy (non-hydrogen) atoms. The largest absolute Gasteiger partial charge is 1.00 e. The van der Waals surface area contributed by atoms with Gasteiger partial charge in [0.1, 0.15) is 0 Å². The second kappa shape index (κ2) is 5.64. The van der Waals surface area contributed by atoms with Gasteiger partial charge in [-0.25, -0.2) is 0 Å². The van der Waals surface area contributed by atoms with Gasteiger partial charge >= 0.3 is 95.4 Å². The second-order valence-electron chi connectivity index (χ2n) is 0.812. The zero-order valence-electron chi connectivity index (χ0n) is 5.08. The van der Waals surface area contributed by atoms with Crippen LogP contribution in [0.1, 0.15) is 0 Å². The average molecular weight is 208 g/mol. The molecule has 0 aliphatic heterocycles. The van der Waals surface area contributed by atoms with Crippen molar-refractivity contribution in [3.8, 4) is 0 Å². The quantitative estimate of drug-likeness (QED) is 0.429. The van der Waals surface area contributed by atoms with E-state index < -0.39 is 14.5 Å². The summed E-state index contributed by atoms with van der Waals surface area (Å²) in [6, 6.07) is 0. The molecule has 0 rings (SSSR count). The Bertz CT molecular complexity index is 86.0. The van der Waals surface area contributed by atoms with Crippen LogP contribution in [0.4, 0.5) is 0 Å². The first-order valence-corrected chi connectivity index (χ1v) is 4.61. The first-order valence-electron chi connectivity index (χ1n) is 1.55. The first kappa shape index (κ1) is 12.5. The van der Waals surface area contributed by atoms with Crippen LogP contribution in [-0.4, -0.2) is 28.7 Å². The summed E-state index contributed by atoms with van der Waals surface area (Å²) in [6.07, 6.45) is 0. The van der Waals surface area contributed by atoms with Crippen LogP contribution >= 0.6 is 0 Å². The third kappa shape index (κ3) is 6.00. The maximum absolute atomic E-state index is 10.0. The maximum Gasteiger partial charge on any atom is 1.00 e. The molecule has 0 N–H and O–H groups in total. The molecule has 0 saturated heterocycles. The van der Waals surface area contributed by atoms with Gasteiger partial charge in [0.05, 0.1) is 0 Å². The fourth-order valence-electron chi connectivity index (χ4n) is 0.0745. The second-order valence-corrected chi connectivity index (χ2v) is 4.22. The molecule has 0 aliphatic rings. The van der Waals surface area contributed by atoms with Crippen molar-refractivity contribution in [3.05, 3.63) is 0 Å². The smallest absolute Gasteiger partial charge is 1.00 e. The number of hydrogen-bond acceptors (Lipinski definition) is 4. The summed E-state index contributed by atoms with van der Waals surface area (Å²) in [7, 11) is 2.13. The van der Waals surface area contributed by atoms with Crippen molar-refractivity contribution in [2.45, 2.75) is 0 Å². The molecule has 0 bridgehead atoms. The number of rotatable bonds is 2. The Morgan fingerprint density at radius 2 is 1.62 bits per heavy atom. The van der Waals surface area contributed by atoms with Crippen LogP contribution in [0.3, 0.4) is 0 Å². The molecule has 0 radical (unpaired) electrons. The van der Waals surface area contributed by atoms with Crippen molar-refractivity contribution in [3.63, 3.8) is 0 Å². The van der Waals surface area contributed by atoms with Crippen molar-refractivity contribution in [1.29, 1.82) is 0 Å². The van der Waals surface area contributed by atoms with Crippen LogP contribution < -0.4 is 55.5 Å². The molecule has 44 valence electrons. The van der Waals surface area contributed by atoms with E-state index in [-0.39, 0.29) is 51.4 Å².